The van der Waals surface area contributed by atoms with Gasteiger partial charge in [-0.3, -0.25) is 0 Å². The van der Waals surface area contributed by atoms with Crippen molar-refractivity contribution in [2.45, 2.75) is 58.2 Å². The van der Waals surface area contributed by atoms with Gasteiger partial charge in [-0.1, -0.05) is 0 Å². The molecule has 1 amide bonds. The number of carbonyl (C=O) groups is 1. The Bertz CT molecular complexity index is 335. The molecule has 2 rings (SSSR count). The van der Waals surface area contributed by atoms with Crippen LogP contribution in [0.15, 0.2) is 0 Å². The van der Waals surface area contributed by atoms with E-state index in [1.807, 2.05) is 25.7 Å². The number of nitrogens with zero attached hydrogens (tertiary/aromatic N) is 2. The molecular formula is C16H30N2O3. The van der Waals surface area contributed by atoms with Crippen LogP contribution in [0, 0.1) is 0 Å². The quantitative estimate of drug-likeness (QED) is 0.803. The van der Waals surface area contributed by atoms with Gasteiger partial charge in [-0.05, 0) is 53.0 Å². The Balaban J connectivity index is 1.72. The van der Waals surface area contributed by atoms with Gasteiger partial charge in [0, 0.05) is 32.8 Å². The van der Waals surface area contributed by atoms with Crippen molar-refractivity contribution >= 4 is 6.09 Å². The van der Waals surface area contributed by atoms with Crippen molar-refractivity contribution in [3.8, 4) is 0 Å². The molecule has 5 nitrogen and oxygen atoms in total. The van der Waals surface area contributed by atoms with Crippen molar-refractivity contribution in [2.24, 2.45) is 0 Å². The summed E-state index contributed by atoms with van der Waals surface area (Å²) in [5.41, 5.74) is -0.414. The van der Waals surface area contributed by atoms with Crippen molar-refractivity contribution in [1.82, 2.24) is 9.80 Å². The highest BCUT2D eigenvalue weighted by Crippen LogP contribution is 2.17. The summed E-state index contributed by atoms with van der Waals surface area (Å²) in [6.07, 6.45) is 4.82. The van der Waals surface area contributed by atoms with E-state index < -0.39 is 5.60 Å². The summed E-state index contributed by atoms with van der Waals surface area (Å²) >= 11 is 0. The highest BCUT2D eigenvalue weighted by Gasteiger charge is 2.25. The van der Waals surface area contributed by atoms with Gasteiger partial charge in [0.25, 0.3) is 0 Å². The molecule has 0 aromatic carbocycles. The summed E-state index contributed by atoms with van der Waals surface area (Å²) in [4.78, 5) is 16.4. The third kappa shape index (κ3) is 5.83. The third-order valence-electron chi connectivity index (χ3n) is 4.03. The standard InChI is InChI=1S/C16H30N2O3/c1-16(2,3)21-15(19)18-9-5-8-17(11-12-18)10-7-14-6-4-13-20-14/h14H,4-13H2,1-3H3/t14-/m0/s1. The second kappa shape index (κ2) is 7.45. The molecule has 0 bridgehead atoms. The summed E-state index contributed by atoms with van der Waals surface area (Å²) < 4.78 is 11.1. The first kappa shape index (κ1) is 16.6. The van der Waals surface area contributed by atoms with Gasteiger partial charge in [0.2, 0.25) is 0 Å². The number of amides is 1. The van der Waals surface area contributed by atoms with Gasteiger partial charge in [-0.15, -0.1) is 0 Å². The average Bonchev–Trinajstić information content (AvgIpc) is 2.78. The number of rotatable bonds is 3. The maximum atomic E-state index is 12.1. The molecule has 0 aromatic heterocycles. The van der Waals surface area contributed by atoms with Crippen molar-refractivity contribution in [3.63, 3.8) is 0 Å². The first-order chi connectivity index (χ1) is 9.94. The van der Waals surface area contributed by atoms with Crippen LogP contribution in [0.3, 0.4) is 0 Å². The van der Waals surface area contributed by atoms with Gasteiger partial charge in [0.15, 0.2) is 0 Å². The van der Waals surface area contributed by atoms with E-state index in [0.717, 1.165) is 52.2 Å². The van der Waals surface area contributed by atoms with Gasteiger partial charge in [-0.2, -0.15) is 0 Å². The summed E-state index contributed by atoms with van der Waals surface area (Å²) in [7, 11) is 0. The molecule has 2 saturated heterocycles. The molecule has 0 saturated carbocycles. The van der Waals surface area contributed by atoms with Crippen LogP contribution in [-0.4, -0.2) is 66.9 Å². The van der Waals surface area contributed by atoms with E-state index in [4.69, 9.17) is 9.47 Å². The van der Waals surface area contributed by atoms with E-state index in [1.54, 1.807) is 0 Å². The SMILES string of the molecule is CC(C)(C)OC(=O)N1CCCN(CC[C@@H]2CCCO2)CC1. The van der Waals surface area contributed by atoms with Gasteiger partial charge >= 0.3 is 6.09 Å². The minimum Gasteiger partial charge on any atom is -0.444 e. The molecule has 0 unspecified atom stereocenters. The zero-order valence-electron chi connectivity index (χ0n) is 13.8. The second-order valence-corrected chi connectivity index (χ2v) is 7.09. The Morgan fingerprint density at radius 3 is 2.67 bits per heavy atom. The Morgan fingerprint density at radius 1 is 1.19 bits per heavy atom. The number of ether oxygens (including phenoxy) is 2. The lowest BCUT2D eigenvalue weighted by atomic mass is 10.2. The van der Waals surface area contributed by atoms with E-state index in [-0.39, 0.29) is 6.09 Å². The van der Waals surface area contributed by atoms with Crippen molar-refractivity contribution in [3.05, 3.63) is 0 Å². The largest absolute Gasteiger partial charge is 0.444 e. The molecule has 0 N–H and O–H groups in total. The molecule has 0 aliphatic carbocycles. The number of carbonyl (C=O) groups excluding carboxylic acids is 1. The topological polar surface area (TPSA) is 42.0 Å². The number of hydrogen-bond donors (Lipinski definition) is 0. The van der Waals surface area contributed by atoms with E-state index in [0.29, 0.717) is 6.10 Å². The van der Waals surface area contributed by atoms with Crippen LogP contribution in [0.5, 0.6) is 0 Å². The maximum Gasteiger partial charge on any atom is 0.410 e. The maximum absolute atomic E-state index is 12.1. The minimum atomic E-state index is -0.414. The highest BCUT2D eigenvalue weighted by atomic mass is 16.6. The summed E-state index contributed by atoms with van der Waals surface area (Å²) in [6, 6.07) is 0. The van der Waals surface area contributed by atoms with Crippen LogP contribution >= 0.6 is 0 Å². The van der Waals surface area contributed by atoms with E-state index >= 15 is 0 Å². The monoisotopic (exact) mass is 298 g/mol. The Morgan fingerprint density at radius 2 is 2.00 bits per heavy atom. The Labute approximate surface area is 128 Å². The lowest BCUT2D eigenvalue weighted by molar-refractivity contribution is 0.0256. The fourth-order valence-electron chi connectivity index (χ4n) is 2.90. The Kier molecular flexibility index (Phi) is 5.88. The van der Waals surface area contributed by atoms with Crippen molar-refractivity contribution in [2.75, 3.05) is 39.3 Å². The molecule has 5 heteroatoms. The first-order valence-electron chi connectivity index (χ1n) is 8.26. The average molecular weight is 298 g/mol. The third-order valence-corrected chi connectivity index (χ3v) is 4.03. The highest BCUT2D eigenvalue weighted by molar-refractivity contribution is 5.68. The van der Waals surface area contributed by atoms with E-state index in [9.17, 15) is 4.79 Å². The van der Waals surface area contributed by atoms with Crippen LogP contribution < -0.4 is 0 Å². The van der Waals surface area contributed by atoms with E-state index in [1.165, 1.54) is 12.8 Å². The molecule has 2 aliphatic rings. The summed E-state index contributed by atoms with van der Waals surface area (Å²) in [5.74, 6) is 0. The predicted molar refractivity (Wildman–Crippen MR) is 82.5 cm³/mol. The molecular weight excluding hydrogens is 268 g/mol. The molecule has 122 valence electrons. The van der Waals surface area contributed by atoms with Crippen molar-refractivity contribution < 1.29 is 14.3 Å². The van der Waals surface area contributed by atoms with Crippen LogP contribution in [0.25, 0.3) is 0 Å². The molecule has 0 aromatic rings. The van der Waals surface area contributed by atoms with Gasteiger partial charge in [0.1, 0.15) is 5.60 Å². The molecule has 1 atom stereocenters. The second-order valence-electron chi connectivity index (χ2n) is 7.09. The van der Waals surface area contributed by atoms with E-state index in [2.05, 4.69) is 4.90 Å². The normalized spacial score (nSPS) is 24.9. The molecule has 2 heterocycles. The summed E-state index contributed by atoms with van der Waals surface area (Å²) in [6.45, 7) is 11.3. The minimum absolute atomic E-state index is 0.177. The Hall–Kier alpha value is -0.810. The zero-order valence-corrected chi connectivity index (χ0v) is 13.8. The molecule has 2 aliphatic heterocycles. The molecule has 0 radical (unpaired) electrons. The van der Waals surface area contributed by atoms with Gasteiger partial charge in [-0.25, -0.2) is 4.79 Å². The fourth-order valence-corrected chi connectivity index (χ4v) is 2.90. The smallest absolute Gasteiger partial charge is 0.410 e. The molecule has 2 fully saturated rings. The molecule has 0 spiro atoms. The van der Waals surface area contributed by atoms with Crippen LogP contribution in [0.1, 0.15) is 46.5 Å². The van der Waals surface area contributed by atoms with Crippen LogP contribution in [-0.2, 0) is 9.47 Å². The lowest BCUT2D eigenvalue weighted by Gasteiger charge is -2.26. The van der Waals surface area contributed by atoms with Crippen LogP contribution in [0.4, 0.5) is 4.79 Å². The zero-order chi connectivity index (χ0) is 15.3. The van der Waals surface area contributed by atoms with Gasteiger partial charge in [0.05, 0.1) is 6.10 Å². The predicted octanol–water partition coefficient (Wildman–Crippen LogP) is 2.50. The number of hydrogen-bond acceptors (Lipinski definition) is 4. The molecule has 21 heavy (non-hydrogen) atoms. The first-order valence-corrected chi connectivity index (χ1v) is 8.26. The lowest BCUT2D eigenvalue weighted by Crippen LogP contribution is -2.39. The van der Waals surface area contributed by atoms with Crippen LogP contribution in [0.2, 0.25) is 0 Å². The fraction of sp³-hybridized carbons (Fsp3) is 0.938. The van der Waals surface area contributed by atoms with Gasteiger partial charge < -0.3 is 19.3 Å². The summed E-state index contributed by atoms with van der Waals surface area (Å²) in [5, 5.41) is 0. The van der Waals surface area contributed by atoms with Crippen molar-refractivity contribution in [1.29, 1.82) is 0 Å².